The highest BCUT2D eigenvalue weighted by Crippen LogP contribution is 2.17. The lowest BCUT2D eigenvalue weighted by Gasteiger charge is -2.01. The van der Waals surface area contributed by atoms with Gasteiger partial charge in [0.25, 0.3) is 5.91 Å². The van der Waals surface area contributed by atoms with Gasteiger partial charge in [-0.1, -0.05) is 18.3 Å². The molecule has 19 heavy (non-hydrogen) atoms. The predicted molar refractivity (Wildman–Crippen MR) is 76.5 cm³/mol. The van der Waals surface area contributed by atoms with E-state index < -0.39 is 0 Å². The maximum absolute atomic E-state index is 11.9. The third kappa shape index (κ3) is 3.81. The number of hydrogen-bond acceptors (Lipinski definition) is 6. The number of nitrogens with zero attached hydrogens (tertiary/aromatic N) is 3. The predicted octanol–water partition coefficient (Wildman–Crippen LogP) is 2.43. The molecule has 5 nitrogen and oxygen atoms in total. The number of carbonyl (C=O) groups is 1. The molecular weight excluding hydrogens is 280 g/mol. The Labute approximate surface area is 120 Å². The Morgan fingerprint density at radius 3 is 2.89 bits per heavy atom. The standard InChI is InChI=1S/C12H16N4OS2/c1-7(2)4-10-13-5-9(18-10)6-14-12(17)11-8(3)15-16-19-11/h5,7H,4,6H2,1-3H3,(H,14,17). The van der Waals surface area contributed by atoms with Gasteiger partial charge in [0.1, 0.15) is 4.88 Å². The normalized spacial score (nSPS) is 10.9. The molecule has 1 amide bonds. The summed E-state index contributed by atoms with van der Waals surface area (Å²) in [6.07, 6.45) is 2.82. The number of aryl methyl sites for hydroxylation is 1. The minimum atomic E-state index is -0.119. The van der Waals surface area contributed by atoms with E-state index in [1.54, 1.807) is 18.3 Å². The zero-order valence-corrected chi connectivity index (χ0v) is 12.8. The summed E-state index contributed by atoms with van der Waals surface area (Å²) in [5, 5.41) is 7.82. The van der Waals surface area contributed by atoms with Crippen LogP contribution in [-0.2, 0) is 13.0 Å². The Morgan fingerprint density at radius 2 is 2.26 bits per heavy atom. The van der Waals surface area contributed by atoms with E-state index >= 15 is 0 Å². The number of aromatic nitrogens is 3. The van der Waals surface area contributed by atoms with Crippen LogP contribution in [0.1, 0.15) is 39.1 Å². The van der Waals surface area contributed by atoms with Gasteiger partial charge in [0.05, 0.1) is 17.2 Å². The third-order valence-electron chi connectivity index (χ3n) is 2.47. The number of hydrogen-bond donors (Lipinski definition) is 1. The van der Waals surface area contributed by atoms with Crippen LogP contribution in [0, 0.1) is 12.8 Å². The Morgan fingerprint density at radius 1 is 1.47 bits per heavy atom. The summed E-state index contributed by atoms with van der Waals surface area (Å²) >= 11 is 2.77. The van der Waals surface area contributed by atoms with Gasteiger partial charge >= 0.3 is 0 Å². The molecule has 0 saturated heterocycles. The minimum Gasteiger partial charge on any atom is -0.346 e. The van der Waals surface area contributed by atoms with Crippen LogP contribution in [0.3, 0.4) is 0 Å². The molecule has 2 rings (SSSR count). The molecule has 102 valence electrons. The van der Waals surface area contributed by atoms with Gasteiger partial charge in [0.2, 0.25) is 0 Å². The Kier molecular flexibility index (Phi) is 4.60. The molecule has 0 bridgehead atoms. The lowest BCUT2D eigenvalue weighted by Crippen LogP contribution is -2.22. The zero-order valence-electron chi connectivity index (χ0n) is 11.1. The average Bonchev–Trinajstić information content (AvgIpc) is 2.94. The second-order valence-electron chi connectivity index (χ2n) is 4.69. The highest BCUT2D eigenvalue weighted by molar-refractivity contribution is 7.11. The number of nitrogens with one attached hydrogen (secondary N) is 1. The van der Waals surface area contributed by atoms with Crippen LogP contribution < -0.4 is 5.32 Å². The fraction of sp³-hybridized carbons (Fsp3) is 0.500. The highest BCUT2D eigenvalue weighted by Gasteiger charge is 2.13. The molecule has 2 aromatic rings. The topological polar surface area (TPSA) is 67.8 Å². The first-order chi connectivity index (χ1) is 9.06. The van der Waals surface area contributed by atoms with E-state index in [0.717, 1.165) is 27.8 Å². The number of amides is 1. The van der Waals surface area contributed by atoms with Crippen molar-refractivity contribution in [1.82, 2.24) is 19.9 Å². The van der Waals surface area contributed by atoms with Crippen LogP contribution in [0.5, 0.6) is 0 Å². The van der Waals surface area contributed by atoms with Crippen molar-refractivity contribution in [2.75, 3.05) is 0 Å². The van der Waals surface area contributed by atoms with Gasteiger partial charge in [-0.05, 0) is 24.4 Å². The average molecular weight is 296 g/mol. The summed E-state index contributed by atoms with van der Waals surface area (Å²) in [4.78, 5) is 17.9. The molecule has 0 saturated carbocycles. The molecule has 0 aliphatic carbocycles. The van der Waals surface area contributed by atoms with Crippen molar-refractivity contribution in [3.05, 3.63) is 26.7 Å². The van der Waals surface area contributed by atoms with E-state index in [1.807, 2.05) is 6.20 Å². The van der Waals surface area contributed by atoms with Crippen LogP contribution in [0.25, 0.3) is 0 Å². The van der Waals surface area contributed by atoms with Gasteiger partial charge in [0.15, 0.2) is 0 Å². The van der Waals surface area contributed by atoms with Crippen LogP contribution in [-0.4, -0.2) is 20.5 Å². The van der Waals surface area contributed by atoms with Gasteiger partial charge in [-0.2, -0.15) is 0 Å². The summed E-state index contributed by atoms with van der Waals surface area (Å²) < 4.78 is 3.76. The summed E-state index contributed by atoms with van der Waals surface area (Å²) in [5.74, 6) is 0.478. The monoisotopic (exact) mass is 296 g/mol. The quantitative estimate of drug-likeness (QED) is 0.920. The molecular formula is C12H16N4OS2. The van der Waals surface area contributed by atoms with Crippen LogP contribution in [0.4, 0.5) is 0 Å². The van der Waals surface area contributed by atoms with Crippen molar-refractivity contribution in [2.45, 2.75) is 33.7 Å². The van der Waals surface area contributed by atoms with E-state index in [4.69, 9.17) is 0 Å². The molecule has 7 heteroatoms. The number of rotatable bonds is 5. The smallest absolute Gasteiger partial charge is 0.265 e. The van der Waals surface area contributed by atoms with Crippen LogP contribution in [0.2, 0.25) is 0 Å². The zero-order chi connectivity index (χ0) is 13.8. The van der Waals surface area contributed by atoms with Crippen molar-refractivity contribution in [3.8, 4) is 0 Å². The molecule has 2 aromatic heterocycles. The molecule has 0 spiro atoms. The summed E-state index contributed by atoms with van der Waals surface area (Å²) in [6, 6.07) is 0. The molecule has 0 aliphatic heterocycles. The second-order valence-corrected chi connectivity index (χ2v) is 6.64. The van der Waals surface area contributed by atoms with Crippen molar-refractivity contribution < 1.29 is 4.79 Å². The lowest BCUT2D eigenvalue weighted by atomic mass is 10.1. The molecule has 2 heterocycles. The van der Waals surface area contributed by atoms with Crippen molar-refractivity contribution in [3.63, 3.8) is 0 Å². The fourth-order valence-corrected chi connectivity index (χ4v) is 3.21. The molecule has 0 fully saturated rings. The van der Waals surface area contributed by atoms with Gasteiger partial charge in [-0.25, -0.2) is 4.98 Å². The summed E-state index contributed by atoms with van der Waals surface area (Å²) in [7, 11) is 0. The molecule has 1 N–H and O–H groups in total. The van der Waals surface area contributed by atoms with Crippen molar-refractivity contribution >= 4 is 28.8 Å². The van der Waals surface area contributed by atoms with Crippen LogP contribution in [0.15, 0.2) is 6.20 Å². The van der Waals surface area contributed by atoms with E-state index in [9.17, 15) is 4.79 Å². The number of carbonyl (C=O) groups excluding carboxylic acids is 1. The second kappa shape index (κ2) is 6.21. The van der Waals surface area contributed by atoms with Crippen LogP contribution >= 0.6 is 22.9 Å². The maximum atomic E-state index is 11.9. The first kappa shape index (κ1) is 14.1. The SMILES string of the molecule is Cc1nnsc1C(=O)NCc1cnc(CC(C)C)s1. The van der Waals surface area contributed by atoms with Crippen molar-refractivity contribution in [1.29, 1.82) is 0 Å². The number of thiazole rings is 1. The maximum Gasteiger partial charge on any atom is 0.265 e. The largest absolute Gasteiger partial charge is 0.346 e. The van der Waals surface area contributed by atoms with E-state index in [1.165, 1.54) is 0 Å². The Balaban J connectivity index is 1.90. The highest BCUT2D eigenvalue weighted by atomic mass is 32.1. The van der Waals surface area contributed by atoms with Gasteiger partial charge < -0.3 is 5.32 Å². The fourth-order valence-electron chi connectivity index (χ4n) is 1.56. The van der Waals surface area contributed by atoms with E-state index in [2.05, 4.69) is 33.7 Å². The van der Waals surface area contributed by atoms with E-state index in [-0.39, 0.29) is 5.91 Å². The Hall–Kier alpha value is -1.34. The lowest BCUT2D eigenvalue weighted by molar-refractivity contribution is 0.0954. The molecule has 0 radical (unpaired) electrons. The molecule has 0 aromatic carbocycles. The first-order valence-corrected chi connectivity index (χ1v) is 7.66. The first-order valence-electron chi connectivity index (χ1n) is 6.07. The van der Waals surface area contributed by atoms with Gasteiger partial charge in [-0.15, -0.1) is 16.4 Å². The molecule has 0 atom stereocenters. The summed E-state index contributed by atoms with van der Waals surface area (Å²) in [5.41, 5.74) is 0.673. The minimum absolute atomic E-state index is 0.119. The van der Waals surface area contributed by atoms with Crippen molar-refractivity contribution in [2.24, 2.45) is 5.92 Å². The molecule has 0 aliphatic rings. The third-order valence-corrected chi connectivity index (χ3v) is 4.31. The van der Waals surface area contributed by atoms with Gasteiger partial charge in [-0.3, -0.25) is 4.79 Å². The summed E-state index contributed by atoms with van der Waals surface area (Å²) in [6.45, 7) is 6.63. The Bertz CT molecular complexity index is 562. The van der Waals surface area contributed by atoms with E-state index in [0.29, 0.717) is 23.0 Å². The molecule has 0 unspecified atom stereocenters. The van der Waals surface area contributed by atoms with Gasteiger partial charge in [0, 0.05) is 17.5 Å².